The number of carbonyl (C=O) groups is 1. The van der Waals surface area contributed by atoms with Gasteiger partial charge in [0.15, 0.2) is 0 Å². The van der Waals surface area contributed by atoms with Gasteiger partial charge in [-0.3, -0.25) is 4.79 Å². The fraction of sp³-hybridized carbons (Fsp3) is 0.409. The molecule has 1 aliphatic heterocycles. The van der Waals surface area contributed by atoms with Gasteiger partial charge in [-0.15, -0.1) is 0 Å². The summed E-state index contributed by atoms with van der Waals surface area (Å²) < 4.78 is 28.6. The third-order valence-corrected chi connectivity index (χ3v) is 7.59. The second-order valence-corrected chi connectivity index (χ2v) is 10.0. The molecule has 0 aromatic heterocycles. The van der Waals surface area contributed by atoms with Crippen molar-refractivity contribution < 1.29 is 13.2 Å². The number of amides is 1. The summed E-state index contributed by atoms with van der Waals surface area (Å²) >= 11 is 5.97. The van der Waals surface area contributed by atoms with Crippen LogP contribution in [-0.4, -0.2) is 43.2 Å². The first kappa shape index (κ1) is 21.8. The molecule has 1 fully saturated rings. The number of hydrogen-bond acceptors (Lipinski definition) is 3. The van der Waals surface area contributed by atoms with Crippen LogP contribution in [0.3, 0.4) is 0 Å². The van der Waals surface area contributed by atoms with Gasteiger partial charge in [0, 0.05) is 24.7 Å². The maximum Gasteiger partial charge on any atom is 0.244 e. The Bertz CT molecular complexity index is 974. The van der Waals surface area contributed by atoms with Gasteiger partial charge < -0.3 is 4.90 Å². The first-order valence-corrected chi connectivity index (χ1v) is 11.6. The minimum Gasteiger partial charge on any atom is -0.342 e. The average molecular weight is 435 g/mol. The van der Waals surface area contributed by atoms with Crippen LogP contribution in [0.2, 0.25) is 5.02 Å². The molecule has 0 saturated carbocycles. The number of rotatable bonds is 6. The number of nitrogens with zero attached hydrogens (tertiary/aromatic N) is 2. The fourth-order valence-electron chi connectivity index (χ4n) is 3.94. The predicted molar refractivity (Wildman–Crippen MR) is 116 cm³/mol. The molecule has 1 aliphatic rings. The van der Waals surface area contributed by atoms with Crippen molar-refractivity contribution in [1.82, 2.24) is 9.21 Å². The Kier molecular flexibility index (Phi) is 6.66. The standard InChI is InChI=1S/C22H27ClN2O3S/c1-16-12-17(2)22(18(3)13-16)29(27,28)25(14-19-6-8-20(23)9-7-19)15-21(26)24-10-4-5-11-24/h6-9,12-13H,4-5,10-11,14-15H2,1-3H3. The van der Waals surface area contributed by atoms with Crippen molar-refractivity contribution in [2.45, 2.75) is 45.1 Å². The van der Waals surface area contributed by atoms with Crippen LogP contribution in [-0.2, 0) is 21.4 Å². The van der Waals surface area contributed by atoms with E-state index in [9.17, 15) is 13.2 Å². The maximum atomic E-state index is 13.6. The van der Waals surface area contributed by atoms with Crippen molar-refractivity contribution in [3.8, 4) is 0 Å². The van der Waals surface area contributed by atoms with E-state index in [2.05, 4.69) is 0 Å². The van der Waals surface area contributed by atoms with Crippen LogP contribution in [0, 0.1) is 20.8 Å². The molecule has 0 radical (unpaired) electrons. The molecule has 0 N–H and O–H groups in total. The number of likely N-dealkylation sites (tertiary alicyclic amines) is 1. The second kappa shape index (κ2) is 8.86. The van der Waals surface area contributed by atoms with Crippen LogP contribution in [0.1, 0.15) is 35.1 Å². The van der Waals surface area contributed by atoms with E-state index in [1.165, 1.54) is 4.31 Å². The van der Waals surface area contributed by atoms with Gasteiger partial charge in [-0.25, -0.2) is 8.42 Å². The van der Waals surface area contributed by atoms with Gasteiger partial charge in [-0.2, -0.15) is 4.31 Å². The third-order valence-electron chi connectivity index (χ3n) is 5.25. The molecule has 0 aliphatic carbocycles. The molecule has 29 heavy (non-hydrogen) atoms. The normalized spacial score (nSPS) is 14.6. The van der Waals surface area contributed by atoms with E-state index >= 15 is 0 Å². The molecule has 0 unspecified atom stereocenters. The summed E-state index contributed by atoms with van der Waals surface area (Å²) in [7, 11) is -3.86. The van der Waals surface area contributed by atoms with Crippen molar-refractivity contribution in [3.05, 3.63) is 63.7 Å². The molecule has 2 aromatic rings. The molecular formula is C22H27ClN2O3S. The van der Waals surface area contributed by atoms with Gasteiger partial charge in [0.05, 0.1) is 11.4 Å². The molecule has 3 rings (SSSR count). The van der Waals surface area contributed by atoms with E-state index < -0.39 is 10.0 Å². The topological polar surface area (TPSA) is 57.7 Å². The molecule has 1 heterocycles. The summed E-state index contributed by atoms with van der Waals surface area (Å²) in [5.74, 6) is -0.151. The van der Waals surface area contributed by atoms with Gasteiger partial charge in [0.1, 0.15) is 0 Å². The fourth-order valence-corrected chi connectivity index (χ4v) is 5.85. The van der Waals surface area contributed by atoms with Crippen molar-refractivity contribution in [3.63, 3.8) is 0 Å². The lowest BCUT2D eigenvalue weighted by Crippen LogP contribution is -2.41. The van der Waals surface area contributed by atoms with Crippen LogP contribution >= 0.6 is 11.6 Å². The lowest BCUT2D eigenvalue weighted by atomic mass is 10.1. The third kappa shape index (κ3) is 5.00. The SMILES string of the molecule is Cc1cc(C)c(S(=O)(=O)N(CC(=O)N2CCCC2)Cc2ccc(Cl)cc2)c(C)c1. The Morgan fingerprint density at radius 3 is 2.14 bits per heavy atom. The molecule has 156 valence electrons. The van der Waals surface area contributed by atoms with E-state index in [4.69, 9.17) is 11.6 Å². The smallest absolute Gasteiger partial charge is 0.244 e. The van der Waals surface area contributed by atoms with E-state index in [1.807, 2.05) is 19.1 Å². The Morgan fingerprint density at radius 1 is 1.03 bits per heavy atom. The first-order chi connectivity index (χ1) is 13.7. The van der Waals surface area contributed by atoms with Gasteiger partial charge in [0.2, 0.25) is 15.9 Å². The van der Waals surface area contributed by atoms with E-state index in [0.717, 1.165) is 24.0 Å². The van der Waals surface area contributed by atoms with Gasteiger partial charge >= 0.3 is 0 Å². The largest absolute Gasteiger partial charge is 0.342 e. The quantitative estimate of drug-likeness (QED) is 0.688. The molecule has 0 bridgehead atoms. The van der Waals surface area contributed by atoms with E-state index in [0.29, 0.717) is 29.2 Å². The second-order valence-electron chi connectivity index (χ2n) is 7.72. The van der Waals surface area contributed by atoms with Crippen LogP contribution in [0.15, 0.2) is 41.3 Å². The Balaban J connectivity index is 1.98. The zero-order chi connectivity index (χ0) is 21.2. The Morgan fingerprint density at radius 2 is 1.59 bits per heavy atom. The molecule has 2 aromatic carbocycles. The maximum absolute atomic E-state index is 13.6. The zero-order valence-corrected chi connectivity index (χ0v) is 18.7. The molecule has 0 spiro atoms. The highest BCUT2D eigenvalue weighted by Crippen LogP contribution is 2.27. The minimum absolute atomic E-state index is 0.117. The van der Waals surface area contributed by atoms with Gasteiger partial charge in [-0.1, -0.05) is 41.4 Å². The summed E-state index contributed by atoms with van der Waals surface area (Å²) in [6.07, 6.45) is 1.93. The van der Waals surface area contributed by atoms with E-state index in [-0.39, 0.29) is 23.9 Å². The molecule has 1 amide bonds. The number of carbonyl (C=O) groups excluding carboxylic acids is 1. The van der Waals surface area contributed by atoms with Gasteiger partial charge in [-0.05, 0) is 62.4 Å². The lowest BCUT2D eigenvalue weighted by molar-refractivity contribution is -0.130. The van der Waals surface area contributed by atoms with Crippen LogP contribution in [0.25, 0.3) is 0 Å². The van der Waals surface area contributed by atoms with Crippen molar-refractivity contribution in [2.24, 2.45) is 0 Å². The summed E-state index contributed by atoms with van der Waals surface area (Å²) in [6, 6.07) is 10.8. The highest BCUT2D eigenvalue weighted by atomic mass is 35.5. The number of hydrogen-bond donors (Lipinski definition) is 0. The molecule has 7 heteroatoms. The zero-order valence-electron chi connectivity index (χ0n) is 17.1. The summed E-state index contributed by atoms with van der Waals surface area (Å²) in [6.45, 7) is 6.88. The molecule has 0 atom stereocenters. The monoisotopic (exact) mass is 434 g/mol. The highest BCUT2D eigenvalue weighted by molar-refractivity contribution is 7.89. The highest BCUT2D eigenvalue weighted by Gasteiger charge is 2.31. The molecular weight excluding hydrogens is 408 g/mol. The van der Waals surface area contributed by atoms with Crippen LogP contribution in [0.5, 0.6) is 0 Å². The Labute approximate surface area is 178 Å². The number of aryl methyl sites for hydroxylation is 3. The molecule has 1 saturated heterocycles. The predicted octanol–water partition coefficient (Wildman–Crippen LogP) is 4.08. The number of halogens is 1. The number of benzene rings is 2. The average Bonchev–Trinajstić information content (AvgIpc) is 3.16. The number of sulfonamides is 1. The molecule has 5 nitrogen and oxygen atoms in total. The van der Waals surface area contributed by atoms with Crippen LogP contribution < -0.4 is 0 Å². The minimum atomic E-state index is -3.86. The van der Waals surface area contributed by atoms with Crippen molar-refractivity contribution in [1.29, 1.82) is 0 Å². The first-order valence-electron chi connectivity index (χ1n) is 9.78. The lowest BCUT2D eigenvalue weighted by Gasteiger charge is -2.26. The van der Waals surface area contributed by atoms with E-state index in [1.54, 1.807) is 43.0 Å². The van der Waals surface area contributed by atoms with Crippen molar-refractivity contribution in [2.75, 3.05) is 19.6 Å². The van der Waals surface area contributed by atoms with Crippen LogP contribution in [0.4, 0.5) is 0 Å². The summed E-state index contributed by atoms with van der Waals surface area (Å²) in [4.78, 5) is 14.8. The Hall–Kier alpha value is -1.89. The van der Waals surface area contributed by atoms with Gasteiger partial charge in [0.25, 0.3) is 0 Å². The summed E-state index contributed by atoms with van der Waals surface area (Å²) in [5.41, 5.74) is 3.18. The summed E-state index contributed by atoms with van der Waals surface area (Å²) in [5, 5.41) is 0.585. The van der Waals surface area contributed by atoms with Crippen molar-refractivity contribution >= 4 is 27.5 Å².